The summed E-state index contributed by atoms with van der Waals surface area (Å²) in [6.45, 7) is 4.00. The number of phenols is 3. The number of benzene rings is 3. The lowest BCUT2D eigenvalue weighted by molar-refractivity contribution is 0.457. The van der Waals surface area contributed by atoms with Crippen LogP contribution in [0, 0.1) is 21.2 Å². The molecule has 0 radical (unpaired) electrons. The summed E-state index contributed by atoms with van der Waals surface area (Å²) in [7, 11) is 0. The fourth-order valence-electron chi connectivity index (χ4n) is 3.25. The summed E-state index contributed by atoms with van der Waals surface area (Å²) in [5.74, 6) is 0.706. The molecule has 0 aromatic heterocycles. The summed E-state index contributed by atoms with van der Waals surface area (Å²) >= 11 is 13.0. The number of aromatic hydroxyl groups is 3. The number of phenolic OH excluding ortho intramolecular Hbond substituents is 3. The number of rotatable bonds is 3. The minimum absolute atomic E-state index is 0.159. The predicted octanol–water partition coefficient (Wildman–Crippen LogP) is 7.17. The van der Waals surface area contributed by atoms with Crippen molar-refractivity contribution < 1.29 is 15.3 Å². The van der Waals surface area contributed by atoms with E-state index in [1.807, 2.05) is 43.3 Å². The Bertz CT molecular complexity index is 922. The molecule has 8 heteroatoms. The van der Waals surface area contributed by atoms with Gasteiger partial charge in [0.25, 0.3) is 0 Å². The van der Waals surface area contributed by atoms with Crippen molar-refractivity contribution in [1.82, 2.24) is 0 Å². The molecule has 29 heavy (non-hydrogen) atoms. The van der Waals surface area contributed by atoms with Crippen molar-refractivity contribution >= 4 is 103 Å². The van der Waals surface area contributed by atoms with E-state index in [9.17, 15) is 15.3 Å². The van der Waals surface area contributed by atoms with Crippen LogP contribution in [-0.4, -0.2) is 15.3 Å². The summed E-state index contributed by atoms with van der Waals surface area (Å²) in [6.07, 6.45) is 0. The van der Waals surface area contributed by atoms with E-state index in [0.717, 1.165) is 33.0 Å². The van der Waals surface area contributed by atoms with Crippen molar-refractivity contribution in [2.45, 2.75) is 24.2 Å². The van der Waals surface area contributed by atoms with Gasteiger partial charge in [-0.1, -0.05) is 6.07 Å². The van der Waals surface area contributed by atoms with Gasteiger partial charge in [-0.3, -0.25) is 0 Å². The first kappa shape index (κ1) is 24.0. The molecule has 0 spiro atoms. The minimum atomic E-state index is -0.600. The predicted molar refractivity (Wildman–Crippen MR) is 153 cm³/mol. The first-order valence-corrected chi connectivity index (χ1v) is 13.1. The normalized spacial score (nSPS) is 13.3. The fraction of sp³-hybridized carbons (Fsp3) is 0.143. The van der Waals surface area contributed by atoms with Gasteiger partial charge < -0.3 is 15.3 Å². The Morgan fingerprint density at radius 3 is 1.48 bits per heavy atom. The second-order valence-corrected chi connectivity index (χ2v) is 12.0. The standard InChI is InChI=1S/C21H16I4O3S/c1-9-3-10(4-13(22)18(9)26)21(2,11-5-14(23)19(27)15(24)6-11)12-7-16(25)20(28)17(29)8-12/h3-8,26-29H,1-2H3. The molecule has 0 heterocycles. The van der Waals surface area contributed by atoms with Crippen molar-refractivity contribution in [2.75, 3.05) is 0 Å². The third-order valence-electron chi connectivity index (χ3n) is 5.05. The lowest BCUT2D eigenvalue weighted by Gasteiger charge is -2.33. The SMILES string of the molecule is Cc1cc(C(C)(c2cc(S)c(O)c(I)c2)c2cc(I)c(O)c(I)c2)cc(I)c1O. The molecule has 3 N–H and O–H groups in total. The Balaban J connectivity index is 2.42. The Morgan fingerprint density at radius 1 is 0.655 bits per heavy atom. The van der Waals surface area contributed by atoms with Crippen LogP contribution in [0.4, 0.5) is 0 Å². The van der Waals surface area contributed by atoms with Crippen LogP contribution in [-0.2, 0) is 5.41 Å². The topological polar surface area (TPSA) is 60.7 Å². The molecule has 0 aliphatic rings. The van der Waals surface area contributed by atoms with Crippen LogP contribution in [0.1, 0.15) is 29.2 Å². The maximum absolute atomic E-state index is 10.3. The molecule has 152 valence electrons. The lowest BCUT2D eigenvalue weighted by atomic mass is 9.70. The maximum atomic E-state index is 10.3. The number of aryl methyl sites for hydroxylation is 1. The van der Waals surface area contributed by atoms with Gasteiger partial charge in [0, 0.05) is 10.3 Å². The highest BCUT2D eigenvalue weighted by Crippen LogP contribution is 2.45. The van der Waals surface area contributed by atoms with Crippen molar-refractivity contribution in [1.29, 1.82) is 0 Å². The quantitative estimate of drug-likeness (QED) is 0.129. The number of thiol groups is 1. The summed E-state index contributed by atoms with van der Waals surface area (Å²) in [4.78, 5) is 0.506. The van der Waals surface area contributed by atoms with E-state index in [1.165, 1.54) is 0 Å². The van der Waals surface area contributed by atoms with E-state index in [-0.39, 0.29) is 17.2 Å². The Kier molecular flexibility index (Phi) is 7.49. The molecule has 0 amide bonds. The second kappa shape index (κ2) is 9.06. The molecule has 0 saturated carbocycles. The van der Waals surface area contributed by atoms with Crippen LogP contribution in [0.5, 0.6) is 17.2 Å². The molecule has 0 aliphatic heterocycles. The molecular weight excluding hydrogens is 840 g/mol. The third kappa shape index (κ3) is 4.46. The molecule has 0 bridgehead atoms. The highest BCUT2D eigenvalue weighted by molar-refractivity contribution is 14.1. The van der Waals surface area contributed by atoms with Gasteiger partial charge in [-0.15, -0.1) is 12.6 Å². The summed E-state index contributed by atoms with van der Waals surface area (Å²) in [5.41, 5.74) is 3.16. The Labute approximate surface area is 229 Å². The monoisotopic (exact) mass is 856 g/mol. The van der Waals surface area contributed by atoms with Gasteiger partial charge in [-0.25, -0.2) is 0 Å². The van der Waals surface area contributed by atoms with Crippen molar-refractivity contribution in [3.63, 3.8) is 0 Å². The zero-order valence-electron chi connectivity index (χ0n) is 15.3. The Hall–Kier alpha value is 0.330. The molecule has 1 unspecified atom stereocenters. The third-order valence-corrected chi connectivity index (χ3v) is 8.68. The van der Waals surface area contributed by atoms with E-state index < -0.39 is 5.41 Å². The van der Waals surface area contributed by atoms with Gasteiger partial charge in [0.2, 0.25) is 0 Å². The van der Waals surface area contributed by atoms with Gasteiger partial charge in [-0.2, -0.15) is 0 Å². The van der Waals surface area contributed by atoms with Crippen LogP contribution in [0.3, 0.4) is 0 Å². The molecular formula is C21H16I4O3S. The van der Waals surface area contributed by atoms with Gasteiger partial charge in [0.1, 0.15) is 17.2 Å². The van der Waals surface area contributed by atoms with Crippen molar-refractivity contribution in [3.8, 4) is 17.2 Å². The smallest absolute Gasteiger partial charge is 0.142 e. The molecule has 3 nitrogen and oxygen atoms in total. The van der Waals surface area contributed by atoms with Crippen molar-refractivity contribution in [2.24, 2.45) is 0 Å². The van der Waals surface area contributed by atoms with E-state index >= 15 is 0 Å². The number of hydrogen-bond acceptors (Lipinski definition) is 4. The van der Waals surface area contributed by atoms with Gasteiger partial charge >= 0.3 is 0 Å². The maximum Gasteiger partial charge on any atom is 0.142 e. The van der Waals surface area contributed by atoms with Gasteiger partial charge in [0.15, 0.2) is 0 Å². The fourth-order valence-corrected chi connectivity index (χ4v) is 6.88. The molecule has 3 aromatic rings. The average molecular weight is 856 g/mol. The zero-order valence-corrected chi connectivity index (χ0v) is 24.8. The molecule has 3 aromatic carbocycles. The van der Waals surface area contributed by atoms with E-state index in [1.54, 1.807) is 0 Å². The highest BCUT2D eigenvalue weighted by Gasteiger charge is 2.34. The summed E-state index contributed by atoms with van der Waals surface area (Å²) in [6, 6.07) is 11.8. The van der Waals surface area contributed by atoms with E-state index in [4.69, 9.17) is 0 Å². The number of halogens is 4. The largest absolute Gasteiger partial charge is 0.507 e. The lowest BCUT2D eigenvalue weighted by Crippen LogP contribution is -2.26. The minimum Gasteiger partial charge on any atom is -0.507 e. The van der Waals surface area contributed by atoms with Crippen LogP contribution < -0.4 is 0 Å². The molecule has 0 fully saturated rings. The molecule has 3 rings (SSSR count). The summed E-state index contributed by atoms with van der Waals surface area (Å²) < 4.78 is 3.01. The van der Waals surface area contributed by atoms with Crippen LogP contribution in [0.25, 0.3) is 0 Å². The van der Waals surface area contributed by atoms with Gasteiger partial charge in [0.05, 0.1) is 14.3 Å². The van der Waals surface area contributed by atoms with Crippen LogP contribution >= 0.6 is 103 Å². The molecule has 1 atom stereocenters. The summed E-state index contributed by atoms with van der Waals surface area (Å²) in [5, 5.41) is 30.8. The zero-order chi connectivity index (χ0) is 21.7. The number of hydrogen-bond donors (Lipinski definition) is 4. The second-order valence-electron chi connectivity index (χ2n) is 6.86. The first-order valence-electron chi connectivity index (χ1n) is 8.36. The highest BCUT2D eigenvalue weighted by atomic mass is 127. The van der Waals surface area contributed by atoms with E-state index in [0.29, 0.717) is 8.47 Å². The van der Waals surface area contributed by atoms with Crippen LogP contribution in [0.2, 0.25) is 0 Å². The molecule has 0 aliphatic carbocycles. The average Bonchev–Trinajstić information content (AvgIpc) is 2.66. The van der Waals surface area contributed by atoms with Crippen LogP contribution in [0.15, 0.2) is 41.3 Å². The van der Waals surface area contributed by atoms with Crippen molar-refractivity contribution in [3.05, 3.63) is 72.9 Å². The van der Waals surface area contributed by atoms with E-state index in [2.05, 4.69) is 110 Å². The van der Waals surface area contributed by atoms with Gasteiger partial charge in [-0.05, 0) is 157 Å². The first-order chi connectivity index (χ1) is 13.5. The molecule has 0 saturated heterocycles. The Morgan fingerprint density at radius 2 is 1.03 bits per heavy atom.